The Kier molecular flexibility index (Phi) is 7.60. The van der Waals surface area contributed by atoms with Crippen LogP contribution in [0.15, 0.2) is 24.3 Å². The van der Waals surface area contributed by atoms with Crippen LogP contribution in [0.2, 0.25) is 0 Å². The smallest absolute Gasteiger partial charge is 0.246 e. The average Bonchev–Trinajstić information content (AvgIpc) is 3.60. The zero-order valence-electron chi connectivity index (χ0n) is 22.0. The van der Waals surface area contributed by atoms with E-state index in [1.165, 1.54) is 6.42 Å². The summed E-state index contributed by atoms with van der Waals surface area (Å²) in [5.74, 6) is 2.12. The molecule has 0 radical (unpaired) electrons. The van der Waals surface area contributed by atoms with E-state index in [1.54, 1.807) is 7.05 Å². The molecule has 1 aromatic carbocycles. The molecule has 37 heavy (non-hydrogen) atoms. The van der Waals surface area contributed by atoms with Crippen molar-refractivity contribution < 1.29 is 19.1 Å². The Hall–Kier alpha value is -3.20. The van der Waals surface area contributed by atoms with Gasteiger partial charge in [0.15, 0.2) is 11.5 Å². The van der Waals surface area contributed by atoms with Crippen molar-refractivity contribution in [1.82, 2.24) is 25.5 Å². The molecule has 3 heterocycles. The molecule has 0 spiro atoms. The van der Waals surface area contributed by atoms with Crippen LogP contribution in [0.25, 0.3) is 11.3 Å². The van der Waals surface area contributed by atoms with Crippen molar-refractivity contribution in [2.75, 3.05) is 20.4 Å². The summed E-state index contributed by atoms with van der Waals surface area (Å²) < 4.78 is 11.0. The molecule has 3 aliphatic rings. The third-order valence-electron chi connectivity index (χ3n) is 7.91. The van der Waals surface area contributed by atoms with Crippen molar-refractivity contribution in [3.63, 3.8) is 0 Å². The molecular formula is C28H37N5O4. The lowest BCUT2D eigenvalue weighted by Crippen LogP contribution is -2.55. The van der Waals surface area contributed by atoms with Crippen LogP contribution < -0.4 is 20.1 Å². The minimum absolute atomic E-state index is 0.00643. The van der Waals surface area contributed by atoms with Gasteiger partial charge < -0.3 is 25.0 Å². The second-order valence-electron chi connectivity index (χ2n) is 10.4. The van der Waals surface area contributed by atoms with Crippen LogP contribution in [0.3, 0.4) is 0 Å². The Bertz CT molecular complexity index is 1150. The minimum Gasteiger partial charge on any atom is -0.454 e. The number of carbonyl (C=O) groups is 2. The van der Waals surface area contributed by atoms with Gasteiger partial charge >= 0.3 is 0 Å². The highest BCUT2D eigenvalue weighted by atomic mass is 16.7. The largest absolute Gasteiger partial charge is 0.454 e. The van der Waals surface area contributed by atoms with E-state index in [1.807, 2.05) is 43.0 Å². The summed E-state index contributed by atoms with van der Waals surface area (Å²) in [6.07, 6.45) is 7.04. The van der Waals surface area contributed by atoms with Gasteiger partial charge in [0.2, 0.25) is 18.6 Å². The summed E-state index contributed by atoms with van der Waals surface area (Å²) in [7, 11) is 1.76. The SMILES string of the molecule is CNC(C)C(=O)N[C@H](C(=O)N1CCC[C@H]1c1cc(-c2ccc3c(c2)OCO3)nc(C)n1)C1CCCCC1. The first-order valence-corrected chi connectivity index (χ1v) is 13.5. The number of fused-ring (bicyclic) bond motifs is 1. The van der Waals surface area contributed by atoms with Crippen molar-refractivity contribution >= 4 is 11.8 Å². The van der Waals surface area contributed by atoms with Crippen molar-refractivity contribution in [3.8, 4) is 22.8 Å². The van der Waals surface area contributed by atoms with E-state index in [-0.39, 0.29) is 36.6 Å². The molecule has 1 saturated heterocycles. The van der Waals surface area contributed by atoms with Crippen LogP contribution in [0.4, 0.5) is 0 Å². The number of likely N-dealkylation sites (tertiary alicyclic amines) is 1. The molecule has 2 fully saturated rings. The summed E-state index contributed by atoms with van der Waals surface area (Å²) in [4.78, 5) is 38.3. The molecule has 2 aliphatic heterocycles. The number of carbonyl (C=O) groups excluding carboxylic acids is 2. The summed E-state index contributed by atoms with van der Waals surface area (Å²) in [5, 5.41) is 6.10. The van der Waals surface area contributed by atoms with E-state index in [0.717, 1.165) is 61.2 Å². The Morgan fingerprint density at radius 1 is 1.03 bits per heavy atom. The van der Waals surface area contributed by atoms with Gasteiger partial charge in [0.05, 0.1) is 23.5 Å². The number of aryl methyl sites for hydroxylation is 1. The van der Waals surface area contributed by atoms with Gasteiger partial charge in [0.1, 0.15) is 11.9 Å². The average molecular weight is 508 g/mol. The van der Waals surface area contributed by atoms with Gasteiger partial charge in [-0.2, -0.15) is 0 Å². The Morgan fingerprint density at radius 2 is 1.81 bits per heavy atom. The third kappa shape index (κ3) is 5.42. The zero-order chi connectivity index (χ0) is 25.9. The molecule has 0 bridgehead atoms. The minimum atomic E-state index is -0.513. The fourth-order valence-corrected chi connectivity index (χ4v) is 5.74. The maximum absolute atomic E-state index is 14.1. The number of rotatable bonds is 7. The first-order chi connectivity index (χ1) is 17.9. The predicted molar refractivity (Wildman–Crippen MR) is 139 cm³/mol. The van der Waals surface area contributed by atoms with Crippen LogP contribution in [0, 0.1) is 12.8 Å². The standard InChI is InChI=1S/C28H37N5O4/c1-17(29-3)27(34)32-26(19-8-5-4-6-9-19)28(35)33-13-7-10-23(33)22-15-21(30-18(2)31-22)20-11-12-24-25(14-20)37-16-36-24/h11-12,14-15,17,19,23,26,29H,4-10,13,16H2,1-3H3,(H,32,34)/t17?,23-,26-/m0/s1. The van der Waals surface area contributed by atoms with Gasteiger partial charge in [-0.15, -0.1) is 0 Å². The Balaban J connectivity index is 1.41. The van der Waals surface area contributed by atoms with Gasteiger partial charge in [-0.3, -0.25) is 9.59 Å². The van der Waals surface area contributed by atoms with Gasteiger partial charge in [-0.25, -0.2) is 9.97 Å². The molecule has 1 saturated carbocycles. The van der Waals surface area contributed by atoms with E-state index in [9.17, 15) is 9.59 Å². The molecule has 198 valence electrons. The molecule has 1 aliphatic carbocycles. The quantitative estimate of drug-likeness (QED) is 0.591. The highest BCUT2D eigenvalue weighted by Gasteiger charge is 2.39. The number of nitrogens with one attached hydrogen (secondary N) is 2. The van der Waals surface area contributed by atoms with Crippen LogP contribution in [0.1, 0.15) is 69.4 Å². The molecule has 2 aromatic rings. The van der Waals surface area contributed by atoms with E-state index >= 15 is 0 Å². The number of amides is 2. The summed E-state index contributed by atoms with van der Waals surface area (Å²) in [6.45, 7) is 4.58. The number of aromatic nitrogens is 2. The lowest BCUT2D eigenvalue weighted by molar-refractivity contribution is -0.139. The molecule has 3 atom stereocenters. The summed E-state index contributed by atoms with van der Waals surface area (Å²) in [5.41, 5.74) is 2.55. The predicted octanol–water partition coefficient (Wildman–Crippen LogP) is 3.52. The lowest BCUT2D eigenvalue weighted by Gasteiger charge is -2.35. The van der Waals surface area contributed by atoms with Crippen molar-refractivity contribution in [2.45, 2.75) is 76.9 Å². The molecule has 2 N–H and O–H groups in total. The van der Waals surface area contributed by atoms with Crippen LogP contribution in [-0.2, 0) is 9.59 Å². The third-order valence-corrected chi connectivity index (χ3v) is 7.91. The molecule has 5 rings (SSSR count). The topological polar surface area (TPSA) is 106 Å². The lowest BCUT2D eigenvalue weighted by atomic mass is 9.83. The number of nitrogens with zero attached hydrogens (tertiary/aromatic N) is 3. The first kappa shape index (κ1) is 25.4. The highest BCUT2D eigenvalue weighted by Crippen LogP contribution is 2.38. The number of ether oxygens (including phenoxy) is 2. The van der Waals surface area contributed by atoms with E-state index in [0.29, 0.717) is 18.1 Å². The van der Waals surface area contributed by atoms with E-state index < -0.39 is 6.04 Å². The summed E-state index contributed by atoms with van der Waals surface area (Å²) in [6, 6.07) is 6.76. The molecule has 1 unspecified atom stereocenters. The monoisotopic (exact) mass is 507 g/mol. The van der Waals surface area contributed by atoms with Crippen LogP contribution in [0.5, 0.6) is 11.5 Å². The zero-order valence-corrected chi connectivity index (χ0v) is 22.0. The van der Waals surface area contributed by atoms with E-state index in [4.69, 9.17) is 14.5 Å². The van der Waals surface area contributed by atoms with Crippen molar-refractivity contribution in [3.05, 3.63) is 35.8 Å². The first-order valence-electron chi connectivity index (χ1n) is 13.5. The second-order valence-corrected chi connectivity index (χ2v) is 10.4. The Morgan fingerprint density at radius 3 is 2.59 bits per heavy atom. The van der Waals surface area contributed by atoms with Crippen molar-refractivity contribution in [2.24, 2.45) is 5.92 Å². The maximum atomic E-state index is 14.1. The molecular weight excluding hydrogens is 470 g/mol. The fraction of sp³-hybridized carbons (Fsp3) is 0.571. The van der Waals surface area contributed by atoms with E-state index in [2.05, 4.69) is 15.6 Å². The van der Waals surface area contributed by atoms with Gasteiger partial charge in [-0.05, 0) is 76.8 Å². The number of benzene rings is 1. The normalized spacial score (nSPS) is 21.1. The van der Waals surface area contributed by atoms with Crippen LogP contribution in [-0.4, -0.2) is 59.2 Å². The van der Waals surface area contributed by atoms with Gasteiger partial charge in [0, 0.05) is 12.1 Å². The van der Waals surface area contributed by atoms with Crippen molar-refractivity contribution in [1.29, 1.82) is 0 Å². The maximum Gasteiger partial charge on any atom is 0.246 e. The molecule has 9 heteroatoms. The Labute approximate surface area is 218 Å². The summed E-state index contributed by atoms with van der Waals surface area (Å²) >= 11 is 0. The molecule has 1 aromatic heterocycles. The molecule has 9 nitrogen and oxygen atoms in total. The second kappa shape index (κ2) is 11.0. The van der Waals surface area contributed by atoms with Gasteiger partial charge in [0.25, 0.3) is 0 Å². The fourth-order valence-electron chi connectivity index (χ4n) is 5.74. The molecule has 2 amide bonds. The highest BCUT2D eigenvalue weighted by molar-refractivity contribution is 5.90. The number of hydrogen-bond acceptors (Lipinski definition) is 7. The van der Waals surface area contributed by atoms with Gasteiger partial charge in [-0.1, -0.05) is 19.3 Å². The van der Waals surface area contributed by atoms with Crippen LogP contribution >= 0.6 is 0 Å². The number of likely N-dealkylation sites (N-methyl/N-ethyl adjacent to an activating group) is 1. The number of hydrogen-bond donors (Lipinski definition) is 2.